The number of aliphatic hydroxyl groups is 2. The van der Waals surface area contributed by atoms with Crippen molar-refractivity contribution >= 4 is 22.8 Å². The second-order valence-corrected chi connectivity index (χ2v) is 6.48. The van der Waals surface area contributed by atoms with E-state index < -0.39 is 24.0 Å². The third kappa shape index (κ3) is 2.93. The molecule has 0 bridgehead atoms. The van der Waals surface area contributed by atoms with Crippen LogP contribution in [0.4, 0.5) is 11.6 Å². The molecule has 3 aromatic rings. The standard InChI is InChI=1S/C17H20N6O4/c1-9-4-2-3-5-10(9)21-23-16(26)14-15(20-17(23)18)22(8-19-14)13-6-11(25)12(7-24)27-13/h2-5,8,11-13,21,24-25H,6-7H2,1H3,(H2,18,20)/t11-,12+,13+/m0/s1. The number of para-hydroxylation sites is 1. The predicted octanol–water partition coefficient (Wildman–Crippen LogP) is -0.000480. The number of imidazole rings is 1. The Hall–Kier alpha value is -2.95. The van der Waals surface area contributed by atoms with Crippen LogP contribution >= 0.6 is 0 Å². The molecule has 1 fully saturated rings. The van der Waals surface area contributed by atoms with Gasteiger partial charge in [-0.1, -0.05) is 18.2 Å². The topological polar surface area (TPSA) is 140 Å². The fraction of sp³-hybridized carbons (Fsp3) is 0.353. The first-order valence-electron chi connectivity index (χ1n) is 8.51. The number of hydrogen-bond acceptors (Lipinski definition) is 8. The SMILES string of the molecule is Cc1ccccc1Nn1c(N)nc2c(ncn2[C@H]2C[C@H](O)[C@@H](CO)O2)c1=O. The van der Waals surface area contributed by atoms with Crippen molar-refractivity contribution in [3.05, 3.63) is 46.5 Å². The van der Waals surface area contributed by atoms with Crippen molar-refractivity contribution in [1.82, 2.24) is 19.2 Å². The smallest absolute Gasteiger partial charge is 0.302 e. The molecule has 0 saturated carbocycles. The van der Waals surface area contributed by atoms with Crippen LogP contribution in [0.25, 0.3) is 11.2 Å². The largest absolute Gasteiger partial charge is 0.394 e. The van der Waals surface area contributed by atoms with Gasteiger partial charge < -0.3 is 20.7 Å². The molecular formula is C17H20N6O4. The van der Waals surface area contributed by atoms with Crippen molar-refractivity contribution in [1.29, 1.82) is 0 Å². The van der Waals surface area contributed by atoms with Gasteiger partial charge in [-0.2, -0.15) is 9.66 Å². The van der Waals surface area contributed by atoms with Crippen molar-refractivity contribution in [2.45, 2.75) is 31.8 Å². The van der Waals surface area contributed by atoms with Crippen LogP contribution in [0.5, 0.6) is 0 Å². The average Bonchev–Trinajstić information content (AvgIpc) is 3.23. The van der Waals surface area contributed by atoms with Crippen molar-refractivity contribution < 1.29 is 14.9 Å². The number of benzene rings is 1. The zero-order valence-electron chi connectivity index (χ0n) is 14.6. The molecule has 4 rings (SSSR count). The van der Waals surface area contributed by atoms with Crippen LogP contribution in [0.1, 0.15) is 18.2 Å². The Balaban J connectivity index is 1.74. The highest BCUT2D eigenvalue weighted by molar-refractivity contribution is 5.71. The lowest BCUT2D eigenvalue weighted by Crippen LogP contribution is -2.30. The van der Waals surface area contributed by atoms with Gasteiger partial charge in [-0.3, -0.25) is 14.8 Å². The molecule has 3 atom stereocenters. The summed E-state index contributed by atoms with van der Waals surface area (Å²) in [6, 6.07) is 7.47. The van der Waals surface area contributed by atoms with Gasteiger partial charge in [-0.05, 0) is 18.6 Å². The third-order valence-corrected chi connectivity index (χ3v) is 4.69. The Morgan fingerprint density at radius 2 is 2.19 bits per heavy atom. The van der Waals surface area contributed by atoms with E-state index >= 15 is 0 Å². The van der Waals surface area contributed by atoms with Gasteiger partial charge in [0.2, 0.25) is 5.95 Å². The van der Waals surface area contributed by atoms with E-state index in [9.17, 15) is 15.0 Å². The van der Waals surface area contributed by atoms with Crippen LogP contribution in [-0.2, 0) is 4.74 Å². The summed E-state index contributed by atoms with van der Waals surface area (Å²) in [5.74, 6) is -0.0326. The van der Waals surface area contributed by atoms with Crippen LogP contribution in [0, 0.1) is 6.92 Å². The first-order valence-corrected chi connectivity index (χ1v) is 8.51. The Labute approximate surface area is 153 Å². The van der Waals surface area contributed by atoms with E-state index in [1.807, 2.05) is 31.2 Å². The van der Waals surface area contributed by atoms with Crippen LogP contribution < -0.4 is 16.7 Å². The van der Waals surface area contributed by atoms with E-state index in [2.05, 4.69) is 15.4 Å². The molecule has 0 amide bonds. The summed E-state index contributed by atoms with van der Waals surface area (Å²) >= 11 is 0. The maximum absolute atomic E-state index is 12.9. The molecule has 0 aliphatic carbocycles. The van der Waals surface area contributed by atoms with E-state index in [0.29, 0.717) is 0 Å². The van der Waals surface area contributed by atoms with Crippen molar-refractivity contribution in [3.8, 4) is 0 Å². The molecule has 1 aliphatic rings. The van der Waals surface area contributed by atoms with Gasteiger partial charge >= 0.3 is 5.56 Å². The van der Waals surface area contributed by atoms with E-state index in [1.165, 1.54) is 6.33 Å². The molecule has 0 spiro atoms. The molecule has 0 unspecified atom stereocenters. The Morgan fingerprint density at radius 1 is 1.41 bits per heavy atom. The second-order valence-electron chi connectivity index (χ2n) is 6.48. The van der Waals surface area contributed by atoms with Crippen LogP contribution in [-0.4, -0.2) is 48.2 Å². The number of nitrogens with one attached hydrogen (secondary N) is 1. The lowest BCUT2D eigenvalue weighted by Gasteiger charge is -2.15. The molecule has 3 heterocycles. The summed E-state index contributed by atoms with van der Waals surface area (Å²) in [5.41, 5.74) is 10.6. The normalized spacial score (nSPS) is 22.4. The van der Waals surface area contributed by atoms with Crippen LogP contribution in [0.3, 0.4) is 0 Å². The highest BCUT2D eigenvalue weighted by Crippen LogP contribution is 2.30. The summed E-state index contributed by atoms with van der Waals surface area (Å²) < 4.78 is 8.30. The number of rotatable bonds is 4. The minimum absolute atomic E-state index is 0.0326. The quantitative estimate of drug-likeness (QED) is 0.502. The number of nitrogen functional groups attached to an aromatic ring is 1. The third-order valence-electron chi connectivity index (χ3n) is 4.69. The number of aromatic nitrogens is 4. The number of aryl methyl sites for hydroxylation is 1. The Morgan fingerprint density at radius 3 is 2.89 bits per heavy atom. The van der Waals surface area contributed by atoms with Gasteiger partial charge in [0.15, 0.2) is 11.2 Å². The van der Waals surface area contributed by atoms with Gasteiger partial charge in [0.25, 0.3) is 0 Å². The molecule has 5 N–H and O–H groups in total. The summed E-state index contributed by atoms with van der Waals surface area (Å²) in [7, 11) is 0. The molecule has 10 nitrogen and oxygen atoms in total. The molecule has 27 heavy (non-hydrogen) atoms. The van der Waals surface area contributed by atoms with Crippen molar-refractivity contribution in [3.63, 3.8) is 0 Å². The van der Waals surface area contributed by atoms with Crippen molar-refractivity contribution in [2.75, 3.05) is 17.8 Å². The van der Waals surface area contributed by atoms with Crippen molar-refractivity contribution in [2.24, 2.45) is 0 Å². The first kappa shape index (κ1) is 17.5. The fourth-order valence-electron chi connectivity index (χ4n) is 3.17. The zero-order chi connectivity index (χ0) is 19.1. The Kier molecular flexibility index (Phi) is 4.30. The molecular weight excluding hydrogens is 352 g/mol. The van der Waals surface area contributed by atoms with E-state index in [1.54, 1.807) is 4.57 Å². The second kappa shape index (κ2) is 6.65. The highest BCUT2D eigenvalue weighted by atomic mass is 16.5. The molecule has 0 radical (unpaired) electrons. The number of nitrogens with zero attached hydrogens (tertiary/aromatic N) is 4. The molecule has 1 aliphatic heterocycles. The van der Waals surface area contributed by atoms with Gasteiger partial charge in [-0.15, -0.1) is 0 Å². The number of fused-ring (bicyclic) bond motifs is 1. The van der Waals surface area contributed by atoms with E-state index in [0.717, 1.165) is 15.9 Å². The predicted molar refractivity (Wildman–Crippen MR) is 98.0 cm³/mol. The highest BCUT2D eigenvalue weighted by Gasteiger charge is 2.35. The lowest BCUT2D eigenvalue weighted by molar-refractivity contribution is -0.0432. The maximum atomic E-state index is 12.9. The number of aliphatic hydroxyl groups excluding tert-OH is 2. The lowest BCUT2D eigenvalue weighted by atomic mass is 10.2. The maximum Gasteiger partial charge on any atom is 0.302 e. The number of nitrogens with two attached hydrogens (primary N) is 1. The molecule has 1 aromatic carbocycles. The van der Waals surface area contributed by atoms with Crippen LogP contribution in [0.2, 0.25) is 0 Å². The zero-order valence-corrected chi connectivity index (χ0v) is 14.6. The number of anilines is 2. The van der Waals surface area contributed by atoms with E-state index in [-0.39, 0.29) is 30.1 Å². The summed E-state index contributed by atoms with van der Waals surface area (Å²) in [6.07, 6.45) is -0.407. The summed E-state index contributed by atoms with van der Waals surface area (Å²) in [5, 5.41) is 19.2. The van der Waals surface area contributed by atoms with Gasteiger partial charge in [0.05, 0.1) is 24.7 Å². The Bertz CT molecular complexity index is 1050. The van der Waals surface area contributed by atoms with Crippen LogP contribution in [0.15, 0.2) is 35.4 Å². The number of ether oxygens (including phenoxy) is 1. The molecule has 10 heteroatoms. The fourth-order valence-corrected chi connectivity index (χ4v) is 3.17. The molecule has 2 aromatic heterocycles. The molecule has 1 saturated heterocycles. The van der Waals surface area contributed by atoms with E-state index in [4.69, 9.17) is 10.5 Å². The first-order chi connectivity index (χ1) is 13.0. The van der Waals surface area contributed by atoms with Gasteiger partial charge in [0, 0.05) is 6.42 Å². The minimum Gasteiger partial charge on any atom is -0.394 e. The monoisotopic (exact) mass is 372 g/mol. The number of hydrogen-bond donors (Lipinski definition) is 4. The average molecular weight is 372 g/mol. The summed E-state index contributed by atoms with van der Waals surface area (Å²) in [4.78, 5) is 21.3. The van der Waals surface area contributed by atoms with Gasteiger partial charge in [0.1, 0.15) is 12.3 Å². The minimum atomic E-state index is -0.808. The molecule has 142 valence electrons. The summed E-state index contributed by atoms with van der Waals surface area (Å²) in [6.45, 7) is 1.61. The van der Waals surface area contributed by atoms with Gasteiger partial charge in [-0.25, -0.2) is 4.98 Å².